The number of hydrogen-bond acceptors (Lipinski definition) is 3. The van der Waals surface area contributed by atoms with E-state index < -0.39 is 0 Å². The second-order valence-corrected chi connectivity index (χ2v) is 15.9. The molecule has 2 aromatic heterocycles. The van der Waals surface area contributed by atoms with Gasteiger partial charge in [0.05, 0.1) is 10.4 Å². The van der Waals surface area contributed by atoms with Gasteiger partial charge in [0.1, 0.15) is 0 Å². The zero-order valence-electron chi connectivity index (χ0n) is 28.1. The Bertz CT molecular complexity index is 2350. The molecule has 2 aliphatic rings. The third-order valence-electron chi connectivity index (χ3n) is 10.5. The maximum Gasteiger partial charge on any atom is 0.259 e. The molecular formula is C44H37BN2S. The number of pyridine rings is 1. The van der Waals surface area contributed by atoms with Crippen molar-refractivity contribution in [3.63, 3.8) is 0 Å². The second kappa shape index (κ2) is 10.5. The van der Waals surface area contributed by atoms with Gasteiger partial charge in [0.15, 0.2) is 0 Å². The van der Waals surface area contributed by atoms with Crippen LogP contribution in [0.25, 0.3) is 32.5 Å². The Labute approximate surface area is 287 Å². The van der Waals surface area contributed by atoms with Gasteiger partial charge in [-0.05, 0) is 84.7 Å². The zero-order chi connectivity index (χ0) is 32.8. The van der Waals surface area contributed by atoms with Crippen molar-refractivity contribution in [2.45, 2.75) is 45.4 Å². The van der Waals surface area contributed by atoms with Crippen LogP contribution in [0.4, 0.5) is 17.1 Å². The summed E-state index contributed by atoms with van der Waals surface area (Å²) in [5.74, 6) is 0. The minimum atomic E-state index is -0.181. The van der Waals surface area contributed by atoms with Crippen LogP contribution in [-0.4, -0.2) is 11.7 Å². The van der Waals surface area contributed by atoms with Gasteiger partial charge in [0, 0.05) is 34.2 Å². The molecule has 0 radical (unpaired) electrons. The van der Waals surface area contributed by atoms with Crippen molar-refractivity contribution in [3.05, 3.63) is 150 Å². The van der Waals surface area contributed by atoms with E-state index >= 15 is 0 Å². The summed E-state index contributed by atoms with van der Waals surface area (Å²) in [5, 5.41) is 1.33. The Hall–Kier alpha value is -4.93. The Morgan fingerprint density at radius 1 is 0.688 bits per heavy atom. The summed E-state index contributed by atoms with van der Waals surface area (Å²) in [7, 11) is 0. The van der Waals surface area contributed by atoms with E-state index in [2.05, 4.69) is 173 Å². The molecule has 2 nitrogen and oxygen atoms in total. The van der Waals surface area contributed by atoms with Crippen LogP contribution in [0.15, 0.2) is 134 Å². The molecule has 2 aliphatic heterocycles. The fourth-order valence-electron chi connectivity index (χ4n) is 8.10. The number of nitrogens with zero attached hydrogens (tertiary/aromatic N) is 2. The number of anilines is 3. The van der Waals surface area contributed by atoms with E-state index in [1.54, 1.807) is 0 Å². The quantitative estimate of drug-likeness (QED) is 0.180. The monoisotopic (exact) mass is 636 g/mol. The standard InChI is InChI=1S/C44H37BN2S/c1-43(2,3)31-22-19-28(20-23-31)30-21-24-35-38(25-30)47(32-15-10-7-11-16-32)37-18-12-17-34-41(37)45(35)42-40(44(34,4)5)33-26-36(46-27-39(33)48-42)29-13-8-6-9-14-29/h6-27H,1-5H3. The van der Waals surface area contributed by atoms with Crippen molar-refractivity contribution >= 4 is 60.9 Å². The van der Waals surface area contributed by atoms with Crippen LogP contribution in [0.1, 0.15) is 51.3 Å². The molecule has 232 valence electrons. The molecule has 0 unspecified atom stereocenters. The summed E-state index contributed by atoms with van der Waals surface area (Å²) >= 11 is 1.93. The molecule has 5 aromatic carbocycles. The number of fused-ring (bicyclic) bond motifs is 6. The van der Waals surface area contributed by atoms with Gasteiger partial charge in [0.25, 0.3) is 6.71 Å². The Morgan fingerprint density at radius 3 is 2.12 bits per heavy atom. The van der Waals surface area contributed by atoms with Gasteiger partial charge in [-0.1, -0.05) is 132 Å². The highest BCUT2D eigenvalue weighted by Gasteiger charge is 2.47. The summed E-state index contributed by atoms with van der Waals surface area (Å²) in [4.78, 5) is 7.47. The number of thiophene rings is 1. The fourth-order valence-corrected chi connectivity index (χ4v) is 9.55. The maximum absolute atomic E-state index is 4.96. The first kappa shape index (κ1) is 29.2. The molecule has 0 bridgehead atoms. The Balaban J connectivity index is 1.29. The molecule has 0 fully saturated rings. The molecule has 9 rings (SSSR count). The van der Waals surface area contributed by atoms with Crippen LogP contribution >= 0.6 is 11.3 Å². The first-order valence-corrected chi connectivity index (χ1v) is 17.7. The molecule has 4 heterocycles. The fraction of sp³-hybridized carbons (Fsp3) is 0.159. The number of rotatable bonds is 3. The van der Waals surface area contributed by atoms with Crippen molar-refractivity contribution in [3.8, 4) is 22.4 Å². The Kier molecular flexibility index (Phi) is 6.42. The topological polar surface area (TPSA) is 16.1 Å². The van der Waals surface area contributed by atoms with Crippen LogP contribution < -0.4 is 20.6 Å². The predicted octanol–water partition coefficient (Wildman–Crippen LogP) is 9.87. The van der Waals surface area contributed by atoms with Crippen molar-refractivity contribution in [1.29, 1.82) is 0 Å². The van der Waals surface area contributed by atoms with Crippen molar-refractivity contribution in [2.24, 2.45) is 0 Å². The van der Waals surface area contributed by atoms with Gasteiger partial charge in [-0.3, -0.25) is 4.98 Å². The SMILES string of the molecule is CC(C)(C)c1ccc(-c2ccc3c(c2)N(c2ccccc2)c2cccc4c2B3c2sc3cnc(-c5ccccc5)cc3c2C4(C)C)cc1. The average Bonchev–Trinajstić information content (AvgIpc) is 3.50. The zero-order valence-corrected chi connectivity index (χ0v) is 28.9. The third-order valence-corrected chi connectivity index (χ3v) is 11.7. The lowest BCUT2D eigenvalue weighted by Gasteiger charge is -2.44. The average molecular weight is 637 g/mol. The summed E-state index contributed by atoms with van der Waals surface area (Å²) in [6, 6.07) is 47.1. The molecule has 0 amide bonds. The Morgan fingerprint density at radius 2 is 1.40 bits per heavy atom. The lowest BCUT2D eigenvalue weighted by Crippen LogP contribution is -2.63. The number of benzene rings is 5. The van der Waals surface area contributed by atoms with E-state index in [1.807, 2.05) is 11.3 Å². The predicted molar refractivity (Wildman–Crippen MR) is 207 cm³/mol. The van der Waals surface area contributed by atoms with Crippen LogP contribution in [0, 0.1) is 0 Å². The lowest BCUT2D eigenvalue weighted by atomic mass is 9.32. The summed E-state index contributed by atoms with van der Waals surface area (Å²) in [5.41, 5.74) is 15.3. The maximum atomic E-state index is 4.96. The summed E-state index contributed by atoms with van der Waals surface area (Å²) in [6.45, 7) is 11.8. The molecule has 0 saturated heterocycles. The summed E-state index contributed by atoms with van der Waals surface area (Å²) in [6.07, 6.45) is 2.10. The smallest absolute Gasteiger partial charge is 0.259 e. The minimum Gasteiger partial charge on any atom is -0.311 e. The second-order valence-electron chi connectivity index (χ2n) is 14.8. The highest BCUT2D eigenvalue weighted by Crippen LogP contribution is 2.46. The van der Waals surface area contributed by atoms with Crippen LogP contribution in [-0.2, 0) is 10.8 Å². The third kappa shape index (κ3) is 4.35. The number of aromatic nitrogens is 1. The minimum absolute atomic E-state index is 0.119. The van der Waals surface area contributed by atoms with E-state index in [-0.39, 0.29) is 17.5 Å². The van der Waals surface area contributed by atoms with Gasteiger partial charge in [-0.2, -0.15) is 0 Å². The molecule has 0 atom stereocenters. The van der Waals surface area contributed by atoms with Crippen molar-refractivity contribution in [2.75, 3.05) is 4.90 Å². The molecule has 4 heteroatoms. The first-order chi connectivity index (χ1) is 23.2. The number of hydrogen-bond donors (Lipinski definition) is 0. The van der Waals surface area contributed by atoms with Crippen LogP contribution in [0.3, 0.4) is 0 Å². The molecule has 0 spiro atoms. The van der Waals surface area contributed by atoms with Gasteiger partial charge >= 0.3 is 0 Å². The van der Waals surface area contributed by atoms with E-state index in [0.717, 1.165) is 11.3 Å². The van der Waals surface area contributed by atoms with Crippen molar-refractivity contribution in [1.82, 2.24) is 4.98 Å². The lowest BCUT2D eigenvalue weighted by molar-refractivity contribution is 0.590. The molecular weight excluding hydrogens is 599 g/mol. The van der Waals surface area contributed by atoms with E-state index in [1.165, 1.54) is 70.7 Å². The van der Waals surface area contributed by atoms with Gasteiger partial charge in [-0.25, -0.2) is 0 Å². The van der Waals surface area contributed by atoms with E-state index in [0.29, 0.717) is 0 Å². The van der Waals surface area contributed by atoms with Crippen LogP contribution in [0.5, 0.6) is 0 Å². The van der Waals surface area contributed by atoms with Gasteiger partial charge in [0.2, 0.25) is 0 Å². The highest BCUT2D eigenvalue weighted by atomic mass is 32.1. The van der Waals surface area contributed by atoms with Crippen LogP contribution in [0.2, 0.25) is 0 Å². The molecule has 0 aliphatic carbocycles. The van der Waals surface area contributed by atoms with Gasteiger partial charge < -0.3 is 4.90 Å². The first-order valence-electron chi connectivity index (χ1n) is 16.9. The largest absolute Gasteiger partial charge is 0.311 e. The molecule has 48 heavy (non-hydrogen) atoms. The van der Waals surface area contributed by atoms with Crippen molar-refractivity contribution < 1.29 is 0 Å². The normalized spacial score (nSPS) is 14.4. The summed E-state index contributed by atoms with van der Waals surface area (Å²) < 4.78 is 2.70. The van der Waals surface area contributed by atoms with E-state index in [9.17, 15) is 0 Å². The molecule has 7 aromatic rings. The molecule has 0 N–H and O–H groups in total. The van der Waals surface area contributed by atoms with Gasteiger partial charge in [-0.15, -0.1) is 11.3 Å². The molecule has 0 saturated carbocycles. The highest BCUT2D eigenvalue weighted by molar-refractivity contribution is 7.32. The van der Waals surface area contributed by atoms with E-state index in [4.69, 9.17) is 4.98 Å². The number of para-hydroxylation sites is 1.